The number of benzene rings is 3. The van der Waals surface area contributed by atoms with Crippen LogP contribution >= 0.6 is 11.8 Å². The van der Waals surface area contributed by atoms with Crippen LogP contribution in [0.15, 0.2) is 71.6 Å². The lowest BCUT2D eigenvalue weighted by Crippen LogP contribution is -2.21. The summed E-state index contributed by atoms with van der Waals surface area (Å²) in [6, 6.07) is 22.0. The van der Waals surface area contributed by atoms with Crippen LogP contribution in [-0.2, 0) is 0 Å². The topological polar surface area (TPSA) is 84.6 Å². The van der Waals surface area contributed by atoms with Gasteiger partial charge in [0.05, 0.1) is 13.0 Å². The van der Waals surface area contributed by atoms with Crippen LogP contribution in [0.2, 0.25) is 0 Å². The van der Waals surface area contributed by atoms with Gasteiger partial charge in [0.2, 0.25) is 0 Å². The third-order valence-corrected chi connectivity index (χ3v) is 6.54. The summed E-state index contributed by atoms with van der Waals surface area (Å²) >= 11 is 1.64. The summed E-state index contributed by atoms with van der Waals surface area (Å²) in [5.74, 6) is 2.04. The van der Waals surface area contributed by atoms with E-state index in [4.69, 9.17) is 15.6 Å². The number of carbonyl (C=O) groups excluding carboxylic acids is 1. The number of methoxy groups -OCH3 is 1. The molecule has 0 amide bonds. The Morgan fingerprint density at radius 2 is 1.66 bits per heavy atom. The minimum atomic E-state index is 0.242. The molecule has 1 aliphatic rings. The Labute approximate surface area is 194 Å². The summed E-state index contributed by atoms with van der Waals surface area (Å²) in [4.78, 5) is 13.3. The average molecular weight is 451 g/mol. The second-order valence-electron chi connectivity index (χ2n) is 7.52. The zero-order chi connectivity index (χ0) is 22.9. The molecule has 0 spiro atoms. The van der Waals surface area contributed by atoms with Gasteiger partial charge in [-0.1, -0.05) is 42.8 Å². The van der Waals surface area contributed by atoms with E-state index < -0.39 is 0 Å². The van der Waals surface area contributed by atoms with Crippen LogP contribution in [0, 0.1) is 5.92 Å². The molecular weight excluding hydrogens is 420 g/mol. The van der Waals surface area contributed by atoms with Crippen molar-refractivity contribution in [3.63, 3.8) is 0 Å². The van der Waals surface area contributed by atoms with E-state index in [1.54, 1.807) is 18.9 Å². The lowest BCUT2D eigenvalue weighted by Gasteiger charge is -2.23. The van der Waals surface area contributed by atoms with Crippen LogP contribution in [0.1, 0.15) is 29.6 Å². The molecule has 4 rings (SSSR count). The molecule has 0 aliphatic heterocycles. The van der Waals surface area contributed by atoms with Crippen molar-refractivity contribution in [2.24, 2.45) is 5.92 Å². The molecule has 0 unspecified atom stereocenters. The van der Waals surface area contributed by atoms with Gasteiger partial charge in [-0.05, 0) is 54.3 Å². The van der Waals surface area contributed by atoms with Crippen molar-refractivity contribution in [1.29, 1.82) is 0 Å². The quantitative estimate of drug-likeness (QED) is 0.177. The number of nitrogens with one attached hydrogen (secondary N) is 1. The summed E-state index contributed by atoms with van der Waals surface area (Å²) in [6.45, 7) is 0. The van der Waals surface area contributed by atoms with Crippen LogP contribution in [-0.4, -0.2) is 31.0 Å². The largest absolute Gasteiger partial charge is 0.497 e. The molecular formula is C26H30N2O3S. The summed E-state index contributed by atoms with van der Waals surface area (Å²) in [7, 11) is 2.65. The van der Waals surface area contributed by atoms with Gasteiger partial charge in [0.15, 0.2) is 5.78 Å². The minimum absolute atomic E-state index is 0.242. The Hall–Kier alpha value is -2.96. The Bertz CT molecular complexity index is 1020. The average Bonchev–Trinajstić information content (AvgIpc) is 2.81. The normalized spacial score (nSPS) is 12.8. The molecule has 0 bridgehead atoms. The number of aliphatic hydroxyl groups is 1. The second-order valence-corrected chi connectivity index (χ2v) is 8.53. The predicted molar refractivity (Wildman–Crippen MR) is 133 cm³/mol. The number of nitrogen functional groups attached to an aromatic ring is 1. The number of ether oxygens (including phenoxy) is 1. The number of anilines is 2. The number of hydrogen-bond donors (Lipinski definition) is 3. The maximum Gasteiger partial charge on any atom is 0.165 e. The molecule has 1 aliphatic carbocycles. The van der Waals surface area contributed by atoms with Crippen molar-refractivity contribution >= 4 is 28.9 Å². The fourth-order valence-corrected chi connectivity index (χ4v) is 4.31. The smallest absolute Gasteiger partial charge is 0.165 e. The highest BCUT2D eigenvalue weighted by molar-refractivity contribution is 7.99. The molecule has 0 heterocycles. The van der Waals surface area contributed by atoms with Gasteiger partial charge in [0, 0.05) is 34.9 Å². The molecule has 0 saturated heterocycles. The minimum Gasteiger partial charge on any atom is -0.497 e. The number of aliphatic hydroxyl groups excluding tert-OH is 1. The molecule has 5 nitrogen and oxygen atoms in total. The van der Waals surface area contributed by atoms with Gasteiger partial charge in [-0.3, -0.25) is 4.79 Å². The first-order valence-electron chi connectivity index (χ1n) is 10.6. The summed E-state index contributed by atoms with van der Waals surface area (Å²) < 4.78 is 5.26. The van der Waals surface area contributed by atoms with Crippen LogP contribution in [0.5, 0.6) is 5.75 Å². The highest BCUT2D eigenvalue weighted by Gasteiger charge is 2.25. The SMILES string of the molecule is CO.COc1ccc(N)c(SCNc2ccc(-c3ccc(C(=O)C4CCC4)cc3)cc2)c1. The molecule has 32 heavy (non-hydrogen) atoms. The van der Waals surface area contributed by atoms with E-state index in [9.17, 15) is 4.79 Å². The van der Waals surface area contributed by atoms with E-state index in [2.05, 4.69) is 29.6 Å². The number of Topliss-reactive ketones (excluding diaryl/α,β-unsaturated/α-hetero) is 1. The monoisotopic (exact) mass is 450 g/mol. The first-order chi connectivity index (χ1) is 15.6. The number of thioether (sulfide) groups is 1. The van der Waals surface area contributed by atoms with Crippen LogP contribution < -0.4 is 15.8 Å². The standard InChI is InChI=1S/C25H26N2O2S.CH4O/c1-29-22-13-14-23(26)24(15-22)30-16-27-21-11-9-18(10-12-21)17-5-7-20(8-6-17)25(28)19-3-2-4-19;1-2/h5-15,19,27H,2-4,16,26H2,1H3;2H,1H3. The predicted octanol–water partition coefficient (Wildman–Crippen LogP) is 5.70. The van der Waals surface area contributed by atoms with E-state index in [0.717, 1.165) is 58.7 Å². The van der Waals surface area contributed by atoms with Crippen molar-refractivity contribution in [2.45, 2.75) is 24.2 Å². The molecule has 3 aromatic rings. The zero-order valence-corrected chi connectivity index (χ0v) is 19.3. The number of hydrogen-bond acceptors (Lipinski definition) is 6. The van der Waals surface area contributed by atoms with Gasteiger partial charge in [-0.2, -0.15) is 0 Å². The Morgan fingerprint density at radius 1 is 1.03 bits per heavy atom. The van der Waals surface area contributed by atoms with E-state index in [-0.39, 0.29) is 5.92 Å². The van der Waals surface area contributed by atoms with Crippen molar-refractivity contribution in [2.75, 3.05) is 31.1 Å². The Balaban J connectivity index is 0.00000141. The second kappa shape index (κ2) is 11.6. The van der Waals surface area contributed by atoms with E-state index in [1.165, 1.54) is 6.42 Å². The van der Waals surface area contributed by atoms with Gasteiger partial charge in [0.1, 0.15) is 5.75 Å². The van der Waals surface area contributed by atoms with Gasteiger partial charge in [-0.15, -0.1) is 11.8 Å². The number of rotatable bonds is 8. The molecule has 0 atom stereocenters. The number of carbonyl (C=O) groups is 1. The van der Waals surface area contributed by atoms with E-state index in [0.29, 0.717) is 11.7 Å². The molecule has 3 aromatic carbocycles. The van der Waals surface area contributed by atoms with Crippen LogP contribution in [0.3, 0.4) is 0 Å². The molecule has 0 radical (unpaired) electrons. The van der Waals surface area contributed by atoms with Crippen molar-refractivity contribution in [3.8, 4) is 16.9 Å². The zero-order valence-electron chi connectivity index (χ0n) is 18.5. The van der Waals surface area contributed by atoms with Crippen molar-refractivity contribution < 1.29 is 14.6 Å². The first-order valence-corrected chi connectivity index (χ1v) is 11.6. The third-order valence-electron chi connectivity index (χ3n) is 5.59. The number of ketones is 1. The van der Waals surface area contributed by atoms with E-state index >= 15 is 0 Å². The fraction of sp³-hybridized carbons (Fsp3) is 0.269. The van der Waals surface area contributed by atoms with Crippen LogP contribution in [0.4, 0.5) is 11.4 Å². The number of nitrogens with two attached hydrogens (primary N) is 1. The van der Waals surface area contributed by atoms with Crippen molar-refractivity contribution in [1.82, 2.24) is 0 Å². The molecule has 1 fully saturated rings. The molecule has 6 heteroatoms. The van der Waals surface area contributed by atoms with Gasteiger partial charge < -0.3 is 20.9 Å². The summed E-state index contributed by atoms with van der Waals surface area (Å²) in [5, 5.41) is 10.4. The molecule has 168 valence electrons. The fourth-order valence-electron chi connectivity index (χ4n) is 3.48. The third kappa shape index (κ3) is 5.84. The maximum atomic E-state index is 12.4. The van der Waals surface area contributed by atoms with Gasteiger partial charge in [-0.25, -0.2) is 0 Å². The van der Waals surface area contributed by atoms with Crippen molar-refractivity contribution in [3.05, 3.63) is 72.3 Å². The molecule has 0 aromatic heterocycles. The summed E-state index contributed by atoms with van der Waals surface area (Å²) in [5.41, 5.74) is 10.9. The van der Waals surface area contributed by atoms with Gasteiger partial charge >= 0.3 is 0 Å². The lowest BCUT2D eigenvalue weighted by molar-refractivity contribution is 0.0855. The highest BCUT2D eigenvalue weighted by atomic mass is 32.2. The highest BCUT2D eigenvalue weighted by Crippen LogP contribution is 2.31. The first kappa shape index (κ1) is 23.7. The Morgan fingerprint density at radius 3 is 2.22 bits per heavy atom. The Kier molecular flexibility index (Phi) is 8.59. The molecule has 4 N–H and O–H groups in total. The maximum absolute atomic E-state index is 12.4. The molecule has 1 saturated carbocycles. The lowest BCUT2D eigenvalue weighted by atomic mass is 9.80. The van der Waals surface area contributed by atoms with Gasteiger partial charge in [0.25, 0.3) is 0 Å². The van der Waals surface area contributed by atoms with Crippen LogP contribution in [0.25, 0.3) is 11.1 Å². The van der Waals surface area contributed by atoms with E-state index in [1.807, 2.05) is 42.5 Å². The summed E-state index contributed by atoms with van der Waals surface area (Å²) in [6.07, 6.45) is 3.26.